The second-order valence-electron chi connectivity index (χ2n) is 4.68. The van der Waals surface area contributed by atoms with E-state index in [0.29, 0.717) is 12.4 Å². The van der Waals surface area contributed by atoms with E-state index in [-0.39, 0.29) is 18.0 Å². The lowest BCUT2D eigenvalue weighted by Crippen LogP contribution is -2.51. The molecule has 19 heavy (non-hydrogen) atoms. The van der Waals surface area contributed by atoms with Gasteiger partial charge in [-0.2, -0.15) is 0 Å². The number of hydrogen-bond acceptors (Lipinski definition) is 4. The van der Waals surface area contributed by atoms with Crippen molar-refractivity contribution in [2.75, 3.05) is 13.7 Å². The number of carbonyl (C=O) groups is 2. The smallest absolute Gasteiger partial charge is 0.353 e. The number of amides is 1. The van der Waals surface area contributed by atoms with Crippen molar-refractivity contribution in [3.05, 3.63) is 17.7 Å². The molecule has 3 N–H and O–H groups in total. The molecule has 0 aromatic carbocycles. The minimum absolute atomic E-state index is 0.0346. The SMILES string of the molecule is COCCC(=O)NC1(c2ncc(C(=O)O)[nH]2)CCC1. The first-order valence-corrected chi connectivity index (χ1v) is 6.16. The van der Waals surface area contributed by atoms with Crippen LogP contribution < -0.4 is 5.32 Å². The van der Waals surface area contributed by atoms with Crippen LogP contribution in [0.4, 0.5) is 0 Å². The first-order valence-electron chi connectivity index (χ1n) is 6.16. The van der Waals surface area contributed by atoms with Crippen LogP contribution in [0, 0.1) is 0 Å². The van der Waals surface area contributed by atoms with E-state index in [4.69, 9.17) is 9.84 Å². The minimum atomic E-state index is -1.06. The number of nitrogens with zero attached hydrogens (tertiary/aromatic N) is 1. The Morgan fingerprint density at radius 3 is 2.79 bits per heavy atom. The number of carboxylic acid groups (broad SMARTS) is 1. The molecule has 1 fully saturated rings. The Labute approximate surface area is 110 Å². The number of hydrogen-bond donors (Lipinski definition) is 3. The monoisotopic (exact) mass is 267 g/mol. The van der Waals surface area contributed by atoms with Crippen LogP contribution in [0.3, 0.4) is 0 Å². The van der Waals surface area contributed by atoms with Crippen molar-refractivity contribution in [2.45, 2.75) is 31.2 Å². The maximum absolute atomic E-state index is 11.8. The molecular weight excluding hydrogens is 250 g/mol. The Hall–Kier alpha value is -1.89. The van der Waals surface area contributed by atoms with Crippen LogP contribution in [0.25, 0.3) is 0 Å². The lowest BCUT2D eigenvalue weighted by atomic mass is 9.76. The van der Waals surface area contributed by atoms with E-state index in [1.54, 1.807) is 0 Å². The van der Waals surface area contributed by atoms with Gasteiger partial charge in [-0.1, -0.05) is 0 Å². The zero-order valence-electron chi connectivity index (χ0n) is 10.7. The number of rotatable bonds is 6. The third-order valence-electron chi connectivity index (χ3n) is 3.38. The van der Waals surface area contributed by atoms with Gasteiger partial charge in [0.1, 0.15) is 11.5 Å². The van der Waals surface area contributed by atoms with E-state index in [1.165, 1.54) is 13.3 Å². The molecule has 1 heterocycles. The van der Waals surface area contributed by atoms with E-state index in [0.717, 1.165) is 19.3 Å². The van der Waals surface area contributed by atoms with Crippen molar-refractivity contribution in [3.8, 4) is 0 Å². The van der Waals surface area contributed by atoms with Crippen LogP contribution in [0.2, 0.25) is 0 Å². The topological polar surface area (TPSA) is 104 Å². The highest BCUT2D eigenvalue weighted by atomic mass is 16.5. The molecule has 2 rings (SSSR count). The van der Waals surface area contributed by atoms with Crippen LogP contribution in [0.15, 0.2) is 6.20 Å². The summed E-state index contributed by atoms with van der Waals surface area (Å²) in [4.78, 5) is 29.5. The summed E-state index contributed by atoms with van der Waals surface area (Å²) < 4.78 is 4.86. The summed E-state index contributed by atoms with van der Waals surface area (Å²) in [6.45, 7) is 0.362. The van der Waals surface area contributed by atoms with Gasteiger partial charge in [-0.25, -0.2) is 9.78 Å². The Morgan fingerprint density at radius 2 is 2.32 bits per heavy atom. The number of aromatic amines is 1. The Balaban J connectivity index is 2.08. The largest absolute Gasteiger partial charge is 0.477 e. The molecule has 1 saturated carbocycles. The van der Waals surface area contributed by atoms with Gasteiger partial charge in [-0.3, -0.25) is 4.79 Å². The summed E-state index contributed by atoms with van der Waals surface area (Å²) >= 11 is 0. The van der Waals surface area contributed by atoms with Gasteiger partial charge in [0.2, 0.25) is 5.91 Å². The Morgan fingerprint density at radius 1 is 1.58 bits per heavy atom. The van der Waals surface area contributed by atoms with Crippen LogP contribution in [0.1, 0.15) is 42.0 Å². The summed E-state index contributed by atoms with van der Waals surface area (Å²) in [6, 6.07) is 0. The quantitative estimate of drug-likeness (QED) is 0.701. The first-order chi connectivity index (χ1) is 9.07. The minimum Gasteiger partial charge on any atom is -0.477 e. The normalized spacial score (nSPS) is 16.7. The van der Waals surface area contributed by atoms with Gasteiger partial charge in [0.15, 0.2) is 0 Å². The standard InChI is InChI=1S/C12H17N3O4/c1-19-6-3-9(16)15-12(4-2-5-12)11-13-7-8(14-11)10(17)18/h7H,2-6H2,1H3,(H,13,14)(H,15,16)(H,17,18). The second-order valence-corrected chi connectivity index (χ2v) is 4.68. The number of imidazole rings is 1. The van der Waals surface area contributed by atoms with E-state index >= 15 is 0 Å². The van der Waals surface area contributed by atoms with Crippen molar-refractivity contribution < 1.29 is 19.4 Å². The van der Waals surface area contributed by atoms with E-state index in [2.05, 4.69) is 15.3 Å². The lowest BCUT2D eigenvalue weighted by Gasteiger charge is -2.40. The summed E-state index contributed by atoms with van der Waals surface area (Å²) in [6.07, 6.45) is 4.06. The molecule has 0 atom stereocenters. The number of nitrogens with one attached hydrogen (secondary N) is 2. The molecule has 1 aliphatic rings. The van der Waals surface area contributed by atoms with Crippen molar-refractivity contribution in [1.82, 2.24) is 15.3 Å². The third kappa shape index (κ3) is 2.76. The van der Waals surface area contributed by atoms with Gasteiger partial charge < -0.3 is 20.1 Å². The van der Waals surface area contributed by atoms with Gasteiger partial charge >= 0.3 is 5.97 Å². The number of aromatic carboxylic acids is 1. The summed E-state index contributed by atoms with van der Waals surface area (Å²) in [5.41, 5.74) is -0.508. The maximum Gasteiger partial charge on any atom is 0.353 e. The highest BCUT2D eigenvalue weighted by Gasteiger charge is 2.42. The van der Waals surface area contributed by atoms with E-state index in [1.807, 2.05) is 0 Å². The summed E-state index contributed by atoms with van der Waals surface area (Å²) in [7, 11) is 1.54. The highest BCUT2D eigenvalue weighted by molar-refractivity contribution is 5.85. The lowest BCUT2D eigenvalue weighted by molar-refractivity contribution is -0.125. The average Bonchev–Trinajstić information content (AvgIpc) is 2.81. The fraction of sp³-hybridized carbons (Fsp3) is 0.583. The molecule has 1 aromatic heterocycles. The third-order valence-corrected chi connectivity index (χ3v) is 3.38. The molecule has 0 spiro atoms. The number of H-pyrrole nitrogens is 1. The van der Waals surface area contributed by atoms with Crippen molar-refractivity contribution >= 4 is 11.9 Å². The van der Waals surface area contributed by atoms with Crippen LogP contribution in [-0.2, 0) is 15.1 Å². The van der Waals surface area contributed by atoms with Gasteiger partial charge in [-0.05, 0) is 19.3 Å². The van der Waals surface area contributed by atoms with Gasteiger partial charge in [0.25, 0.3) is 0 Å². The van der Waals surface area contributed by atoms with Crippen LogP contribution in [-0.4, -0.2) is 40.7 Å². The molecule has 1 amide bonds. The predicted octanol–water partition coefficient (Wildman–Crippen LogP) is 0.640. The average molecular weight is 267 g/mol. The fourth-order valence-corrected chi connectivity index (χ4v) is 2.15. The van der Waals surface area contributed by atoms with Crippen LogP contribution in [0.5, 0.6) is 0 Å². The van der Waals surface area contributed by atoms with Crippen molar-refractivity contribution in [3.63, 3.8) is 0 Å². The molecule has 0 aliphatic heterocycles. The molecule has 0 saturated heterocycles. The van der Waals surface area contributed by atoms with E-state index < -0.39 is 11.5 Å². The van der Waals surface area contributed by atoms with Gasteiger partial charge in [0, 0.05) is 13.5 Å². The second kappa shape index (κ2) is 5.40. The highest BCUT2D eigenvalue weighted by Crippen LogP contribution is 2.39. The number of carbonyl (C=O) groups excluding carboxylic acids is 1. The van der Waals surface area contributed by atoms with Crippen molar-refractivity contribution in [2.24, 2.45) is 0 Å². The molecule has 7 heteroatoms. The zero-order valence-corrected chi connectivity index (χ0v) is 10.7. The number of methoxy groups -OCH3 is 1. The number of carboxylic acids is 1. The van der Waals surface area contributed by atoms with Gasteiger partial charge in [-0.15, -0.1) is 0 Å². The molecule has 0 unspecified atom stereocenters. The Bertz CT molecular complexity index is 479. The molecule has 7 nitrogen and oxygen atoms in total. The summed E-state index contributed by atoms with van der Waals surface area (Å²) in [5, 5.41) is 11.8. The summed E-state index contributed by atoms with van der Waals surface area (Å²) in [5.74, 6) is -0.657. The number of aromatic nitrogens is 2. The zero-order chi connectivity index (χ0) is 13.9. The van der Waals surface area contributed by atoms with Crippen LogP contribution >= 0.6 is 0 Å². The Kier molecular flexibility index (Phi) is 3.84. The van der Waals surface area contributed by atoms with E-state index in [9.17, 15) is 9.59 Å². The fourth-order valence-electron chi connectivity index (χ4n) is 2.15. The maximum atomic E-state index is 11.8. The van der Waals surface area contributed by atoms with Gasteiger partial charge in [0.05, 0.1) is 18.3 Å². The molecule has 0 bridgehead atoms. The van der Waals surface area contributed by atoms with Crippen molar-refractivity contribution in [1.29, 1.82) is 0 Å². The molecule has 0 radical (unpaired) electrons. The number of ether oxygens (including phenoxy) is 1. The molecule has 104 valence electrons. The predicted molar refractivity (Wildman–Crippen MR) is 65.7 cm³/mol. The molecule has 1 aliphatic carbocycles. The first kappa shape index (κ1) is 13.5. The molecule has 1 aromatic rings. The molecular formula is C12H17N3O4.